The fraction of sp³-hybridized carbons (Fsp3) is 0.346. The van der Waals surface area contributed by atoms with Crippen LogP contribution in [0.5, 0.6) is 0 Å². The lowest BCUT2D eigenvalue weighted by molar-refractivity contribution is -0.143. The van der Waals surface area contributed by atoms with E-state index in [-0.39, 0.29) is 5.97 Å². The number of carbonyl (C=O) groups excluding carboxylic acids is 3. The van der Waals surface area contributed by atoms with Gasteiger partial charge in [0.15, 0.2) is 0 Å². The lowest BCUT2D eigenvalue weighted by Crippen LogP contribution is -2.12. The summed E-state index contributed by atoms with van der Waals surface area (Å²) in [5.74, 6) is -0.120. The summed E-state index contributed by atoms with van der Waals surface area (Å²) >= 11 is 7.27. The molecule has 0 radical (unpaired) electrons. The minimum Gasteiger partial charge on any atom is -0.466 e. The summed E-state index contributed by atoms with van der Waals surface area (Å²) in [7, 11) is 0. The van der Waals surface area contributed by atoms with Gasteiger partial charge in [-0.2, -0.15) is 0 Å². The van der Waals surface area contributed by atoms with Crippen LogP contribution in [-0.2, 0) is 27.3 Å². The van der Waals surface area contributed by atoms with Crippen molar-refractivity contribution in [1.29, 1.82) is 0 Å². The number of benzene rings is 2. The van der Waals surface area contributed by atoms with Crippen molar-refractivity contribution in [2.75, 3.05) is 12.4 Å². The molecule has 5 nitrogen and oxygen atoms in total. The van der Waals surface area contributed by atoms with E-state index in [2.05, 4.69) is 10.6 Å². The number of fused-ring (bicyclic) bond motifs is 1. The van der Waals surface area contributed by atoms with E-state index in [1.54, 1.807) is 18.7 Å². The molecule has 0 unspecified atom stereocenters. The average molecular weight is 486 g/mol. The number of ether oxygens (including phenoxy) is 1. The smallest absolute Gasteiger partial charge is 0.305 e. The summed E-state index contributed by atoms with van der Waals surface area (Å²) in [4.78, 5) is 37.3. The second-order valence-corrected chi connectivity index (χ2v) is 9.22. The Hall–Kier alpha value is -2.57. The number of hydrogen-bond acceptors (Lipinski definition) is 5. The van der Waals surface area contributed by atoms with E-state index in [9.17, 15) is 14.4 Å². The molecule has 3 rings (SSSR count). The van der Waals surface area contributed by atoms with Crippen LogP contribution in [0.1, 0.15) is 53.9 Å². The molecule has 0 aliphatic carbocycles. The van der Waals surface area contributed by atoms with Gasteiger partial charge in [0.1, 0.15) is 0 Å². The fourth-order valence-electron chi connectivity index (χ4n) is 3.99. The van der Waals surface area contributed by atoms with Gasteiger partial charge in [-0.05, 0) is 67.3 Å². The normalized spacial score (nSPS) is 11.0. The van der Waals surface area contributed by atoms with Crippen molar-refractivity contribution < 1.29 is 19.1 Å². The minimum atomic E-state index is -0.979. The first-order valence-corrected chi connectivity index (χ1v) is 12.5. The number of aromatic nitrogens is 1. The van der Waals surface area contributed by atoms with E-state index in [1.165, 1.54) is 0 Å². The predicted octanol–water partition coefficient (Wildman–Crippen LogP) is 5.94. The number of hydrogen-bond donors (Lipinski definition) is 0. The number of carbonyl (C=O) groups is 3. The Labute approximate surface area is 203 Å². The van der Waals surface area contributed by atoms with Crippen LogP contribution >= 0.6 is 23.4 Å². The Balaban J connectivity index is 2.01. The van der Waals surface area contributed by atoms with Crippen LogP contribution < -0.4 is 0 Å². The van der Waals surface area contributed by atoms with E-state index in [1.807, 2.05) is 50.2 Å². The van der Waals surface area contributed by atoms with Crippen molar-refractivity contribution in [2.24, 2.45) is 0 Å². The molecule has 33 heavy (non-hydrogen) atoms. The quantitative estimate of drug-likeness (QED) is 0.0839. The second kappa shape index (κ2) is 11.5. The van der Waals surface area contributed by atoms with Gasteiger partial charge in [-0.25, -0.2) is 0 Å². The molecule has 0 saturated carbocycles. The van der Waals surface area contributed by atoms with Crippen molar-refractivity contribution in [3.8, 4) is 0 Å². The van der Waals surface area contributed by atoms with Gasteiger partial charge in [-0.15, -0.1) is 11.8 Å². The molecule has 0 aliphatic rings. The zero-order valence-corrected chi connectivity index (χ0v) is 20.7. The molecule has 2 aromatic carbocycles. The van der Waals surface area contributed by atoms with Crippen LogP contribution in [0, 0.1) is 6.92 Å². The first-order valence-electron chi connectivity index (χ1n) is 11.1. The highest BCUT2D eigenvalue weighted by Gasteiger charge is 2.26. The molecule has 174 valence electrons. The molecule has 3 aromatic rings. The van der Waals surface area contributed by atoms with Crippen molar-refractivity contribution in [3.05, 3.63) is 64.8 Å². The molecule has 0 amide bonds. The van der Waals surface area contributed by atoms with E-state index < -0.39 is 11.0 Å². The molecule has 0 fully saturated rings. The zero-order chi connectivity index (χ0) is 24.0. The Morgan fingerprint density at radius 3 is 2.45 bits per heavy atom. The van der Waals surface area contributed by atoms with Gasteiger partial charge >= 0.3 is 5.97 Å². The highest BCUT2D eigenvalue weighted by Crippen LogP contribution is 2.35. The Kier molecular flexibility index (Phi) is 8.75. The van der Waals surface area contributed by atoms with Crippen LogP contribution in [-0.4, -0.2) is 33.9 Å². The molecule has 0 saturated heterocycles. The summed E-state index contributed by atoms with van der Waals surface area (Å²) in [6.07, 6.45) is 1.66. The van der Waals surface area contributed by atoms with Gasteiger partial charge in [0, 0.05) is 34.5 Å². The summed E-state index contributed by atoms with van der Waals surface area (Å²) in [6.45, 7) is 6.79. The Morgan fingerprint density at radius 1 is 1.09 bits per heavy atom. The van der Waals surface area contributed by atoms with Gasteiger partial charge in [0.05, 0.1) is 12.2 Å². The molecule has 0 aliphatic heterocycles. The first kappa shape index (κ1) is 25.1. The zero-order valence-electron chi connectivity index (χ0n) is 19.2. The van der Waals surface area contributed by atoms with E-state index in [4.69, 9.17) is 16.3 Å². The van der Waals surface area contributed by atoms with E-state index in [0.717, 1.165) is 38.4 Å². The first-order chi connectivity index (χ1) is 15.9. The predicted molar refractivity (Wildman–Crippen MR) is 133 cm³/mol. The maximum absolute atomic E-state index is 12.8. The Morgan fingerprint density at radius 2 is 1.82 bits per heavy atom. The Bertz CT molecular complexity index is 1170. The van der Waals surface area contributed by atoms with Crippen molar-refractivity contribution in [3.63, 3.8) is 0 Å². The highest BCUT2D eigenvalue weighted by molar-refractivity contribution is 7.99. The van der Waals surface area contributed by atoms with E-state index in [0.29, 0.717) is 38.0 Å². The molecule has 0 bridgehead atoms. The number of halogens is 1. The van der Waals surface area contributed by atoms with Crippen molar-refractivity contribution >= 4 is 51.3 Å². The molecular formula is C26H28ClNO4S. The van der Waals surface area contributed by atoms with Gasteiger partial charge in [0.2, 0.25) is 5.78 Å². The van der Waals surface area contributed by atoms with Gasteiger partial charge < -0.3 is 9.30 Å². The summed E-state index contributed by atoms with van der Waals surface area (Å²) in [6, 6.07) is 14.1. The number of rotatable bonds is 11. The van der Waals surface area contributed by atoms with Crippen LogP contribution in [0.4, 0.5) is 0 Å². The van der Waals surface area contributed by atoms with Crippen molar-refractivity contribution in [2.45, 2.75) is 51.5 Å². The maximum Gasteiger partial charge on any atom is 0.305 e. The molecule has 1 aromatic heterocycles. The third-order valence-corrected chi connectivity index (χ3v) is 6.90. The average Bonchev–Trinajstić information content (AvgIpc) is 3.08. The summed E-state index contributed by atoms with van der Waals surface area (Å²) in [5, 5.41) is -0.243. The molecule has 0 atom stereocenters. The third-order valence-electron chi connectivity index (χ3n) is 5.48. The third kappa shape index (κ3) is 5.87. The fourth-order valence-corrected chi connectivity index (χ4v) is 5.08. The summed E-state index contributed by atoms with van der Waals surface area (Å²) in [5.41, 5.74) is 4.28. The van der Waals surface area contributed by atoms with Crippen LogP contribution in [0.3, 0.4) is 0 Å². The minimum absolute atomic E-state index is 0.190. The van der Waals surface area contributed by atoms with Crippen LogP contribution in [0.15, 0.2) is 47.4 Å². The number of nitrogens with zero attached hydrogens (tertiary/aromatic N) is 1. The standard InChI is InChI=1S/C26H28ClNO4S/c1-4-20-24(25(30)26(27)31)19-15-22(33-13-9-12-23(29)32-5-2)17(3)14-21(19)28(20)16-18-10-7-6-8-11-18/h6-8,10-11,14-15H,4-5,9,12-13,16H2,1-3H3. The number of aryl methyl sites for hydroxylation is 1. The topological polar surface area (TPSA) is 65.4 Å². The molecule has 1 heterocycles. The molecule has 0 N–H and O–H groups in total. The molecular weight excluding hydrogens is 458 g/mol. The van der Waals surface area contributed by atoms with Gasteiger partial charge in [-0.1, -0.05) is 37.3 Å². The maximum atomic E-state index is 12.8. The highest BCUT2D eigenvalue weighted by atomic mass is 35.5. The van der Waals surface area contributed by atoms with Gasteiger partial charge in [-0.3, -0.25) is 14.4 Å². The lowest BCUT2D eigenvalue weighted by atomic mass is 10.0. The molecule has 7 heteroatoms. The van der Waals surface area contributed by atoms with Crippen molar-refractivity contribution in [1.82, 2.24) is 4.57 Å². The molecule has 0 spiro atoms. The SMILES string of the molecule is CCOC(=O)CCCSc1cc2c(C(=O)C(=O)Cl)c(CC)n(Cc3ccccc3)c2cc1C. The second-order valence-electron chi connectivity index (χ2n) is 7.74. The monoisotopic (exact) mass is 485 g/mol. The number of esters is 1. The number of Topliss-reactive ketones (excluding diaryl/α,β-unsaturated/α-hetero) is 1. The van der Waals surface area contributed by atoms with Crippen LogP contribution in [0.25, 0.3) is 10.9 Å². The number of thioether (sulfide) groups is 1. The lowest BCUT2D eigenvalue weighted by Gasteiger charge is -2.12. The summed E-state index contributed by atoms with van der Waals surface area (Å²) < 4.78 is 7.10. The van der Waals surface area contributed by atoms with E-state index >= 15 is 0 Å². The van der Waals surface area contributed by atoms with Crippen LogP contribution in [0.2, 0.25) is 0 Å². The largest absolute Gasteiger partial charge is 0.466 e. The van der Waals surface area contributed by atoms with Gasteiger partial charge in [0.25, 0.3) is 5.24 Å². The number of ketones is 1.